The van der Waals surface area contributed by atoms with E-state index in [1.54, 1.807) is 0 Å². The minimum absolute atomic E-state index is 0.191. The van der Waals surface area contributed by atoms with Crippen LogP contribution in [0, 0.1) is 11.3 Å². The molecule has 0 spiro atoms. The average molecular weight is 201 g/mol. The molecular weight excluding hydrogens is 182 g/mol. The molecule has 4 nitrogen and oxygen atoms in total. The monoisotopic (exact) mass is 201 g/mol. The van der Waals surface area contributed by atoms with Gasteiger partial charge >= 0.3 is 5.97 Å². The van der Waals surface area contributed by atoms with E-state index >= 15 is 0 Å². The van der Waals surface area contributed by atoms with E-state index < -0.39 is 11.9 Å². The molecule has 0 aliphatic carbocycles. The van der Waals surface area contributed by atoms with Crippen molar-refractivity contribution < 1.29 is 14.6 Å². The number of nitrogens with one attached hydrogen (secondary N) is 1. The fourth-order valence-corrected chi connectivity index (χ4v) is 1.07. The van der Waals surface area contributed by atoms with Gasteiger partial charge in [-0.1, -0.05) is 13.3 Å². The largest absolute Gasteiger partial charge is 0.481 e. The smallest absolute Gasteiger partial charge is 0.312 e. The number of unbranched alkanes of at least 4 members (excludes halogenated alkanes) is 1. The summed E-state index contributed by atoms with van der Waals surface area (Å²) in [6.45, 7) is 4.70. The lowest BCUT2D eigenvalue weighted by atomic mass is 10.0. The zero-order chi connectivity index (χ0) is 11.0. The van der Waals surface area contributed by atoms with E-state index in [2.05, 4.69) is 6.92 Å². The van der Waals surface area contributed by atoms with Crippen molar-refractivity contribution >= 4 is 11.7 Å². The third kappa shape index (κ3) is 5.70. The Morgan fingerprint density at radius 3 is 2.57 bits per heavy atom. The minimum atomic E-state index is -0.934. The van der Waals surface area contributed by atoms with Crippen LogP contribution >= 0.6 is 0 Å². The molecule has 0 fully saturated rings. The molecule has 0 aromatic carbocycles. The molecule has 0 amide bonds. The Bertz CT molecular complexity index is 178. The van der Waals surface area contributed by atoms with Gasteiger partial charge in [0.05, 0.1) is 5.92 Å². The van der Waals surface area contributed by atoms with E-state index in [-0.39, 0.29) is 5.71 Å². The van der Waals surface area contributed by atoms with Crippen molar-refractivity contribution in [3.63, 3.8) is 0 Å². The summed E-state index contributed by atoms with van der Waals surface area (Å²) < 4.78 is 5.24. The van der Waals surface area contributed by atoms with Crippen LogP contribution in [0.15, 0.2) is 0 Å². The minimum Gasteiger partial charge on any atom is -0.481 e. The molecule has 0 aromatic heterocycles. The molecule has 0 saturated carbocycles. The first-order chi connectivity index (χ1) is 6.59. The number of ether oxygens (including phenoxy) is 1. The molecule has 1 unspecified atom stereocenters. The molecule has 1 atom stereocenters. The highest BCUT2D eigenvalue weighted by molar-refractivity contribution is 5.98. The highest BCUT2D eigenvalue weighted by Crippen LogP contribution is 2.05. The van der Waals surface area contributed by atoms with Crippen molar-refractivity contribution in [3.8, 4) is 0 Å². The molecule has 0 radical (unpaired) electrons. The van der Waals surface area contributed by atoms with E-state index in [9.17, 15) is 4.79 Å². The van der Waals surface area contributed by atoms with E-state index in [1.165, 1.54) is 6.92 Å². The molecular formula is C10H19NO3. The van der Waals surface area contributed by atoms with Crippen molar-refractivity contribution in [2.45, 2.75) is 33.1 Å². The van der Waals surface area contributed by atoms with Crippen LogP contribution < -0.4 is 0 Å². The second-order valence-electron chi connectivity index (χ2n) is 3.33. The van der Waals surface area contributed by atoms with E-state index in [0.717, 1.165) is 12.8 Å². The molecule has 0 aromatic rings. The van der Waals surface area contributed by atoms with Gasteiger partial charge in [-0.25, -0.2) is 0 Å². The summed E-state index contributed by atoms with van der Waals surface area (Å²) in [6.07, 6.45) is 2.47. The standard InChI is InChI=1S/C10H19NO3/c1-3-4-6-14-7-5-9(8(2)11)10(12)13/h9,11H,3-7H2,1-2H3,(H,12,13). The Balaban J connectivity index is 3.62. The zero-order valence-electron chi connectivity index (χ0n) is 8.88. The van der Waals surface area contributed by atoms with Crippen molar-refractivity contribution in [3.05, 3.63) is 0 Å². The number of hydrogen-bond acceptors (Lipinski definition) is 3. The fraction of sp³-hybridized carbons (Fsp3) is 0.800. The summed E-state index contributed by atoms with van der Waals surface area (Å²) in [5, 5.41) is 16.0. The van der Waals surface area contributed by atoms with Crippen LogP contribution in [0.25, 0.3) is 0 Å². The number of carboxylic acids is 1. The number of carbonyl (C=O) groups is 1. The SMILES string of the molecule is CCCCOCCC(C(C)=N)C(=O)O. The molecule has 14 heavy (non-hydrogen) atoms. The highest BCUT2D eigenvalue weighted by atomic mass is 16.5. The van der Waals surface area contributed by atoms with Gasteiger partial charge in [-0.2, -0.15) is 0 Å². The normalized spacial score (nSPS) is 12.4. The van der Waals surface area contributed by atoms with Gasteiger partial charge in [0.15, 0.2) is 0 Å². The van der Waals surface area contributed by atoms with Crippen LogP contribution in [0.2, 0.25) is 0 Å². The van der Waals surface area contributed by atoms with Crippen LogP contribution in [0.3, 0.4) is 0 Å². The van der Waals surface area contributed by atoms with Crippen molar-refractivity contribution in [1.29, 1.82) is 5.41 Å². The second kappa shape index (κ2) is 7.50. The van der Waals surface area contributed by atoms with Crippen molar-refractivity contribution in [2.24, 2.45) is 5.92 Å². The van der Waals surface area contributed by atoms with Crippen LogP contribution in [0.4, 0.5) is 0 Å². The Labute approximate surface area is 84.8 Å². The summed E-state index contributed by atoms with van der Waals surface area (Å²) in [5.74, 6) is -1.62. The first-order valence-electron chi connectivity index (χ1n) is 4.95. The molecule has 0 saturated heterocycles. The lowest BCUT2D eigenvalue weighted by Crippen LogP contribution is -2.22. The van der Waals surface area contributed by atoms with Crippen molar-refractivity contribution in [1.82, 2.24) is 0 Å². The van der Waals surface area contributed by atoms with Gasteiger partial charge in [-0.05, 0) is 19.8 Å². The third-order valence-corrected chi connectivity index (χ3v) is 2.01. The molecule has 0 aliphatic rings. The number of rotatable bonds is 8. The molecule has 0 heterocycles. The quantitative estimate of drug-likeness (QED) is 0.465. The number of carboxylic acid groups (broad SMARTS) is 1. The Morgan fingerprint density at radius 1 is 1.50 bits per heavy atom. The Kier molecular flexibility index (Phi) is 7.02. The Hall–Kier alpha value is -0.900. The molecule has 4 heteroatoms. The molecule has 0 aliphatic heterocycles. The van der Waals surface area contributed by atoms with Gasteiger partial charge in [0.2, 0.25) is 0 Å². The fourth-order valence-electron chi connectivity index (χ4n) is 1.07. The van der Waals surface area contributed by atoms with Gasteiger partial charge in [-0.3, -0.25) is 4.79 Å². The molecule has 2 N–H and O–H groups in total. The van der Waals surface area contributed by atoms with Crippen molar-refractivity contribution in [2.75, 3.05) is 13.2 Å². The molecule has 82 valence electrons. The molecule has 0 bridgehead atoms. The molecule has 0 rings (SSSR count). The zero-order valence-corrected chi connectivity index (χ0v) is 8.88. The summed E-state index contributed by atoms with van der Waals surface area (Å²) in [7, 11) is 0. The number of hydrogen-bond donors (Lipinski definition) is 2. The maximum absolute atomic E-state index is 10.7. The Morgan fingerprint density at radius 2 is 2.14 bits per heavy atom. The maximum atomic E-state index is 10.7. The van der Waals surface area contributed by atoms with E-state index in [0.29, 0.717) is 19.6 Å². The van der Waals surface area contributed by atoms with Gasteiger partial charge in [-0.15, -0.1) is 0 Å². The average Bonchev–Trinajstić information content (AvgIpc) is 2.09. The predicted molar refractivity (Wildman–Crippen MR) is 54.9 cm³/mol. The second-order valence-corrected chi connectivity index (χ2v) is 3.33. The summed E-state index contributed by atoms with van der Waals surface area (Å²) >= 11 is 0. The summed E-state index contributed by atoms with van der Waals surface area (Å²) in [5.41, 5.74) is 0.191. The van der Waals surface area contributed by atoms with Crippen LogP contribution in [0.1, 0.15) is 33.1 Å². The van der Waals surface area contributed by atoms with Gasteiger partial charge in [0.1, 0.15) is 0 Å². The number of aliphatic carboxylic acids is 1. The first-order valence-corrected chi connectivity index (χ1v) is 4.95. The summed E-state index contributed by atoms with van der Waals surface area (Å²) in [4.78, 5) is 10.7. The predicted octanol–water partition coefficient (Wildman–Crippen LogP) is 1.93. The highest BCUT2D eigenvalue weighted by Gasteiger charge is 2.18. The maximum Gasteiger partial charge on any atom is 0.312 e. The van der Waals surface area contributed by atoms with Crippen LogP contribution in [-0.2, 0) is 9.53 Å². The third-order valence-electron chi connectivity index (χ3n) is 2.01. The van der Waals surface area contributed by atoms with Gasteiger partial charge in [0, 0.05) is 18.9 Å². The summed E-state index contributed by atoms with van der Waals surface area (Å²) in [6, 6.07) is 0. The van der Waals surface area contributed by atoms with Gasteiger partial charge < -0.3 is 15.3 Å². The van der Waals surface area contributed by atoms with Crippen LogP contribution in [-0.4, -0.2) is 30.0 Å². The van der Waals surface area contributed by atoms with Gasteiger partial charge in [0.25, 0.3) is 0 Å². The lowest BCUT2D eigenvalue weighted by molar-refractivity contribution is -0.139. The van der Waals surface area contributed by atoms with Crippen LogP contribution in [0.5, 0.6) is 0 Å². The van der Waals surface area contributed by atoms with E-state index in [1.807, 2.05) is 0 Å². The van der Waals surface area contributed by atoms with E-state index in [4.69, 9.17) is 15.3 Å². The lowest BCUT2D eigenvalue weighted by Gasteiger charge is -2.10. The first kappa shape index (κ1) is 13.1. The topological polar surface area (TPSA) is 70.4 Å².